The van der Waals surface area contributed by atoms with Gasteiger partial charge in [0, 0.05) is 15.7 Å². The molecule has 0 saturated carbocycles. The maximum absolute atomic E-state index is 13.6. The van der Waals surface area contributed by atoms with E-state index < -0.39 is 17.6 Å². The van der Waals surface area contributed by atoms with E-state index in [1.54, 1.807) is 6.07 Å². The fraction of sp³-hybridized carbons (Fsp3) is 0. The molecule has 0 saturated heterocycles. The van der Waals surface area contributed by atoms with Gasteiger partial charge in [-0.15, -0.1) is 0 Å². The lowest BCUT2D eigenvalue weighted by molar-refractivity contribution is 0.0997. The number of carbonyl (C=O) groups is 2. The minimum atomic E-state index is -0.620. The van der Waals surface area contributed by atoms with Crippen molar-refractivity contribution in [2.75, 3.05) is 5.32 Å². The van der Waals surface area contributed by atoms with Crippen LogP contribution in [0.5, 0.6) is 0 Å². The Morgan fingerprint density at radius 3 is 2.30 bits per heavy atom. The van der Waals surface area contributed by atoms with Gasteiger partial charge in [0.05, 0.1) is 5.56 Å². The zero-order chi connectivity index (χ0) is 14.7. The lowest BCUT2D eigenvalue weighted by Crippen LogP contribution is -2.15. The number of carbonyl (C=O) groups excluding carboxylic acids is 2. The minimum Gasteiger partial charge on any atom is -0.366 e. The van der Waals surface area contributed by atoms with Gasteiger partial charge in [-0.25, -0.2) is 4.39 Å². The highest BCUT2D eigenvalue weighted by atomic mass is 79.9. The van der Waals surface area contributed by atoms with Crippen molar-refractivity contribution in [3.8, 4) is 0 Å². The Morgan fingerprint density at radius 1 is 1.10 bits per heavy atom. The van der Waals surface area contributed by atoms with Gasteiger partial charge in [-0.1, -0.05) is 6.07 Å². The second-order valence-electron chi connectivity index (χ2n) is 3.99. The third-order valence-corrected chi connectivity index (χ3v) is 3.28. The minimum absolute atomic E-state index is 0.0773. The third kappa shape index (κ3) is 3.03. The molecule has 2 aromatic carbocycles. The molecule has 2 rings (SSSR count). The molecule has 0 spiro atoms. The van der Waals surface area contributed by atoms with Crippen molar-refractivity contribution in [2.24, 2.45) is 5.73 Å². The Balaban J connectivity index is 2.21. The fourth-order valence-corrected chi connectivity index (χ4v) is 2.15. The van der Waals surface area contributed by atoms with Crippen LogP contribution >= 0.6 is 15.9 Å². The Labute approximate surface area is 122 Å². The lowest BCUT2D eigenvalue weighted by atomic mass is 10.1. The van der Waals surface area contributed by atoms with Crippen LogP contribution in [-0.4, -0.2) is 11.8 Å². The van der Waals surface area contributed by atoms with Gasteiger partial charge < -0.3 is 11.1 Å². The Kier molecular flexibility index (Phi) is 4.14. The molecule has 0 bridgehead atoms. The second-order valence-corrected chi connectivity index (χ2v) is 4.85. The Hall–Kier alpha value is -2.21. The summed E-state index contributed by atoms with van der Waals surface area (Å²) in [5.41, 5.74) is 5.81. The first-order valence-electron chi connectivity index (χ1n) is 5.64. The Bertz CT molecular complexity index is 651. The average molecular weight is 337 g/mol. The first kappa shape index (κ1) is 14.2. The molecule has 0 aromatic heterocycles. The normalized spacial score (nSPS) is 10.1. The van der Waals surface area contributed by atoms with Crippen LogP contribution in [0.3, 0.4) is 0 Å². The number of benzene rings is 2. The first-order valence-corrected chi connectivity index (χ1v) is 6.43. The quantitative estimate of drug-likeness (QED) is 0.904. The molecule has 2 aromatic rings. The van der Waals surface area contributed by atoms with Gasteiger partial charge in [0.25, 0.3) is 5.91 Å². The molecule has 0 unspecified atom stereocenters. The summed E-state index contributed by atoms with van der Waals surface area (Å²) in [4.78, 5) is 22.9. The maximum Gasteiger partial charge on any atom is 0.259 e. The van der Waals surface area contributed by atoms with Crippen LogP contribution in [0.15, 0.2) is 46.9 Å². The zero-order valence-electron chi connectivity index (χ0n) is 10.2. The number of nitrogens with two attached hydrogens (primary N) is 1. The SMILES string of the molecule is NC(=O)c1ccc(NC(=O)c2c(F)cccc2Br)cc1. The van der Waals surface area contributed by atoms with Crippen molar-refractivity contribution in [3.63, 3.8) is 0 Å². The summed E-state index contributed by atoms with van der Waals surface area (Å²) in [6.45, 7) is 0. The summed E-state index contributed by atoms with van der Waals surface area (Å²) in [7, 11) is 0. The van der Waals surface area contributed by atoms with Crippen molar-refractivity contribution in [1.82, 2.24) is 0 Å². The van der Waals surface area contributed by atoms with Crippen molar-refractivity contribution < 1.29 is 14.0 Å². The second kappa shape index (κ2) is 5.83. The monoisotopic (exact) mass is 336 g/mol. The summed E-state index contributed by atoms with van der Waals surface area (Å²) in [5, 5.41) is 2.54. The number of anilines is 1. The van der Waals surface area contributed by atoms with Crippen LogP contribution in [0.1, 0.15) is 20.7 Å². The van der Waals surface area contributed by atoms with Crippen LogP contribution in [0.25, 0.3) is 0 Å². The first-order chi connectivity index (χ1) is 9.49. The summed E-state index contributed by atoms with van der Waals surface area (Å²) in [6, 6.07) is 10.3. The van der Waals surface area contributed by atoms with Crippen molar-refractivity contribution in [1.29, 1.82) is 0 Å². The molecule has 102 valence electrons. The highest BCUT2D eigenvalue weighted by Crippen LogP contribution is 2.21. The molecule has 0 aliphatic heterocycles. The predicted molar refractivity (Wildman–Crippen MR) is 77.0 cm³/mol. The van der Waals surface area contributed by atoms with E-state index in [1.807, 2.05) is 0 Å². The highest BCUT2D eigenvalue weighted by molar-refractivity contribution is 9.10. The van der Waals surface area contributed by atoms with Gasteiger partial charge in [-0.05, 0) is 52.3 Å². The molecule has 4 nitrogen and oxygen atoms in total. The summed E-state index contributed by atoms with van der Waals surface area (Å²) in [6.07, 6.45) is 0. The number of amides is 2. The van der Waals surface area contributed by atoms with E-state index >= 15 is 0 Å². The van der Waals surface area contributed by atoms with Crippen LogP contribution in [0.2, 0.25) is 0 Å². The molecule has 3 N–H and O–H groups in total. The highest BCUT2D eigenvalue weighted by Gasteiger charge is 2.15. The number of rotatable bonds is 3. The van der Waals surface area contributed by atoms with Crippen molar-refractivity contribution >= 4 is 33.4 Å². The standard InChI is InChI=1S/C14H10BrFN2O2/c15-10-2-1-3-11(16)12(10)14(20)18-9-6-4-8(5-7-9)13(17)19/h1-7H,(H2,17,19)(H,18,20). The molecular weight excluding hydrogens is 327 g/mol. The largest absolute Gasteiger partial charge is 0.366 e. The van der Waals surface area contributed by atoms with E-state index in [-0.39, 0.29) is 5.56 Å². The average Bonchev–Trinajstić information content (AvgIpc) is 2.39. The molecule has 0 aliphatic rings. The van der Waals surface area contributed by atoms with E-state index in [1.165, 1.54) is 36.4 Å². The topological polar surface area (TPSA) is 72.2 Å². The number of halogens is 2. The van der Waals surface area contributed by atoms with E-state index in [0.29, 0.717) is 15.7 Å². The summed E-state index contributed by atoms with van der Waals surface area (Å²) >= 11 is 3.13. The molecule has 0 fully saturated rings. The van der Waals surface area contributed by atoms with Gasteiger partial charge >= 0.3 is 0 Å². The van der Waals surface area contributed by atoms with Gasteiger partial charge in [0.2, 0.25) is 5.91 Å². The van der Waals surface area contributed by atoms with Gasteiger partial charge in [0.15, 0.2) is 0 Å². The molecular formula is C14H10BrFN2O2. The van der Waals surface area contributed by atoms with Gasteiger partial charge in [-0.3, -0.25) is 9.59 Å². The van der Waals surface area contributed by atoms with Gasteiger partial charge in [0.1, 0.15) is 5.82 Å². The zero-order valence-corrected chi connectivity index (χ0v) is 11.8. The van der Waals surface area contributed by atoms with E-state index in [4.69, 9.17) is 5.73 Å². The Morgan fingerprint density at radius 2 is 1.75 bits per heavy atom. The van der Waals surface area contributed by atoms with Crippen LogP contribution < -0.4 is 11.1 Å². The molecule has 0 radical (unpaired) electrons. The summed E-state index contributed by atoms with van der Waals surface area (Å²) < 4.78 is 14.0. The summed E-state index contributed by atoms with van der Waals surface area (Å²) in [5.74, 6) is -1.76. The number of hydrogen-bond donors (Lipinski definition) is 2. The van der Waals surface area contributed by atoms with Crippen LogP contribution in [-0.2, 0) is 0 Å². The van der Waals surface area contributed by atoms with E-state index in [0.717, 1.165) is 0 Å². The smallest absolute Gasteiger partial charge is 0.259 e. The van der Waals surface area contributed by atoms with Crippen molar-refractivity contribution in [2.45, 2.75) is 0 Å². The number of hydrogen-bond acceptors (Lipinski definition) is 2. The molecule has 0 atom stereocenters. The predicted octanol–water partition coefficient (Wildman–Crippen LogP) is 2.94. The molecule has 0 heterocycles. The molecule has 20 heavy (non-hydrogen) atoms. The van der Waals surface area contributed by atoms with Crippen molar-refractivity contribution in [3.05, 3.63) is 63.9 Å². The van der Waals surface area contributed by atoms with Crippen LogP contribution in [0.4, 0.5) is 10.1 Å². The van der Waals surface area contributed by atoms with Crippen LogP contribution in [0, 0.1) is 5.82 Å². The molecule has 0 aliphatic carbocycles. The number of nitrogens with one attached hydrogen (secondary N) is 1. The number of primary amides is 1. The van der Waals surface area contributed by atoms with E-state index in [9.17, 15) is 14.0 Å². The molecule has 2 amide bonds. The van der Waals surface area contributed by atoms with Gasteiger partial charge in [-0.2, -0.15) is 0 Å². The lowest BCUT2D eigenvalue weighted by Gasteiger charge is -2.08. The third-order valence-electron chi connectivity index (χ3n) is 2.62. The van der Waals surface area contributed by atoms with E-state index in [2.05, 4.69) is 21.2 Å². The fourth-order valence-electron chi connectivity index (χ4n) is 1.63. The maximum atomic E-state index is 13.6. The molecule has 6 heteroatoms.